The summed E-state index contributed by atoms with van der Waals surface area (Å²) >= 11 is 0. The minimum absolute atomic E-state index is 0.193. The Balaban J connectivity index is 2.17. The van der Waals surface area contributed by atoms with E-state index in [0.29, 0.717) is 0 Å². The molecule has 0 bridgehead atoms. The molecule has 1 fully saturated rings. The largest absolute Gasteiger partial charge is 0.545 e. The second-order valence-corrected chi connectivity index (χ2v) is 4.35. The van der Waals surface area contributed by atoms with Crippen LogP contribution in [0.15, 0.2) is 18.2 Å². The second kappa shape index (κ2) is 5.84. The summed E-state index contributed by atoms with van der Waals surface area (Å²) in [6.07, 6.45) is 0. The van der Waals surface area contributed by atoms with E-state index in [1.807, 2.05) is 0 Å². The van der Waals surface area contributed by atoms with Crippen molar-refractivity contribution in [3.8, 4) is 5.75 Å². The lowest BCUT2D eigenvalue weighted by Crippen LogP contribution is -3.12. The van der Waals surface area contributed by atoms with Gasteiger partial charge in [-0.3, -0.25) is 0 Å². The topological polar surface area (TPSA) is 63.0 Å². The summed E-state index contributed by atoms with van der Waals surface area (Å²) in [6.45, 7) is 4.10. The van der Waals surface area contributed by atoms with Crippen molar-refractivity contribution >= 4 is 5.97 Å². The van der Waals surface area contributed by atoms with E-state index in [1.165, 1.54) is 11.0 Å². The number of nitrogens with one attached hydrogen (secondary N) is 1. The third kappa shape index (κ3) is 3.00. The van der Waals surface area contributed by atoms with Crippen LogP contribution < -0.4 is 14.7 Å². The lowest BCUT2D eigenvalue weighted by molar-refractivity contribution is -0.921. The zero-order chi connectivity index (χ0) is 13.0. The summed E-state index contributed by atoms with van der Waals surface area (Å²) in [5.74, 6) is -0.435. The number of carboxylic acid groups (broad SMARTS) is 1. The Morgan fingerprint density at radius 3 is 2.78 bits per heavy atom. The Bertz CT molecular complexity index is 427. The van der Waals surface area contributed by atoms with Gasteiger partial charge in [0.2, 0.25) is 0 Å². The number of hydrogen-bond acceptors (Lipinski definition) is 4. The molecule has 2 rings (SSSR count). The molecule has 0 amide bonds. The van der Waals surface area contributed by atoms with Gasteiger partial charge in [0.05, 0.1) is 26.3 Å². The molecule has 18 heavy (non-hydrogen) atoms. The molecule has 0 aliphatic carbocycles. The van der Waals surface area contributed by atoms with Crippen LogP contribution in [0.25, 0.3) is 0 Å². The van der Waals surface area contributed by atoms with Crippen molar-refractivity contribution in [1.82, 2.24) is 0 Å². The summed E-state index contributed by atoms with van der Waals surface area (Å²) < 4.78 is 10.6. The molecule has 0 spiro atoms. The van der Waals surface area contributed by atoms with E-state index >= 15 is 0 Å². The van der Waals surface area contributed by atoms with Gasteiger partial charge in [-0.05, 0) is 23.8 Å². The zero-order valence-electron chi connectivity index (χ0n) is 10.4. The molecular weight excluding hydrogens is 234 g/mol. The normalized spacial score (nSPS) is 16.5. The van der Waals surface area contributed by atoms with E-state index in [-0.39, 0.29) is 5.56 Å². The molecule has 0 radical (unpaired) electrons. The molecule has 98 valence electrons. The number of aromatic carboxylic acids is 1. The third-order valence-corrected chi connectivity index (χ3v) is 3.16. The van der Waals surface area contributed by atoms with Crippen LogP contribution >= 0.6 is 0 Å². The van der Waals surface area contributed by atoms with E-state index < -0.39 is 5.97 Å². The number of methoxy groups -OCH3 is 1. The van der Waals surface area contributed by atoms with E-state index in [9.17, 15) is 9.90 Å². The molecule has 0 aromatic heterocycles. The highest BCUT2D eigenvalue weighted by atomic mass is 16.5. The molecule has 1 saturated heterocycles. The fourth-order valence-corrected chi connectivity index (χ4v) is 2.15. The Morgan fingerprint density at radius 1 is 1.44 bits per heavy atom. The second-order valence-electron chi connectivity index (χ2n) is 4.35. The standard InChI is InChI=1S/C13H17NO4/c1-17-12-3-2-10(13(15)16)8-11(12)9-14-4-6-18-7-5-14/h2-3,8H,4-7,9H2,1H3,(H,15,16). The number of carboxylic acids is 1. The highest BCUT2D eigenvalue weighted by molar-refractivity contribution is 5.86. The van der Waals surface area contributed by atoms with Crippen molar-refractivity contribution in [2.24, 2.45) is 0 Å². The maximum absolute atomic E-state index is 10.9. The van der Waals surface area contributed by atoms with Gasteiger partial charge < -0.3 is 24.3 Å². The van der Waals surface area contributed by atoms with Gasteiger partial charge in [0, 0.05) is 5.56 Å². The molecule has 0 atom stereocenters. The van der Waals surface area contributed by atoms with Crippen molar-refractivity contribution in [2.45, 2.75) is 6.54 Å². The summed E-state index contributed by atoms with van der Waals surface area (Å²) in [6, 6.07) is 4.82. The number of carbonyl (C=O) groups excluding carboxylic acids is 1. The minimum atomic E-state index is -1.16. The molecule has 1 heterocycles. The van der Waals surface area contributed by atoms with Crippen LogP contribution in [-0.2, 0) is 11.3 Å². The molecule has 5 nitrogen and oxygen atoms in total. The van der Waals surface area contributed by atoms with Gasteiger partial charge in [-0.2, -0.15) is 0 Å². The van der Waals surface area contributed by atoms with Gasteiger partial charge in [0.15, 0.2) is 0 Å². The van der Waals surface area contributed by atoms with E-state index in [4.69, 9.17) is 9.47 Å². The van der Waals surface area contributed by atoms with Gasteiger partial charge >= 0.3 is 0 Å². The van der Waals surface area contributed by atoms with Crippen LogP contribution in [0, 0.1) is 0 Å². The van der Waals surface area contributed by atoms with Crippen LogP contribution in [0.4, 0.5) is 0 Å². The predicted molar refractivity (Wildman–Crippen MR) is 62.5 cm³/mol. The Hall–Kier alpha value is -1.59. The number of rotatable bonds is 4. The first kappa shape index (κ1) is 12.9. The Labute approximate surface area is 106 Å². The van der Waals surface area contributed by atoms with E-state index in [0.717, 1.165) is 44.2 Å². The quantitative estimate of drug-likeness (QED) is 0.705. The van der Waals surface area contributed by atoms with Crippen LogP contribution in [0.5, 0.6) is 5.75 Å². The van der Waals surface area contributed by atoms with E-state index in [2.05, 4.69) is 0 Å². The predicted octanol–water partition coefficient (Wildman–Crippen LogP) is -1.53. The van der Waals surface area contributed by atoms with Gasteiger partial charge in [0.25, 0.3) is 0 Å². The number of quaternary nitrogens is 1. The zero-order valence-corrected chi connectivity index (χ0v) is 10.4. The first-order chi connectivity index (χ1) is 8.70. The van der Waals surface area contributed by atoms with Crippen LogP contribution in [0.2, 0.25) is 0 Å². The van der Waals surface area contributed by atoms with Crippen molar-refractivity contribution in [3.05, 3.63) is 29.3 Å². The summed E-state index contributed by atoms with van der Waals surface area (Å²) in [7, 11) is 1.59. The Morgan fingerprint density at radius 2 is 2.17 bits per heavy atom. The molecule has 1 aromatic carbocycles. The smallest absolute Gasteiger partial charge is 0.127 e. The molecule has 5 heteroatoms. The SMILES string of the molecule is COc1ccc(C(=O)[O-])cc1C[NH+]1CCOCC1. The lowest BCUT2D eigenvalue weighted by Gasteiger charge is -2.24. The van der Waals surface area contributed by atoms with Crippen molar-refractivity contribution < 1.29 is 24.3 Å². The molecule has 0 saturated carbocycles. The van der Waals surface area contributed by atoms with Gasteiger partial charge in [0.1, 0.15) is 25.4 Å². The maximum atomic E-state index is 10.9. The fourth-order valence-electron chi connectivity index (χ4n) is 2.15. The molecule has 1 aliphatic rings. The summed E-state index contributed by atoms with van der Waals surface area (Å²) in [5.41, 5.74) is 1.09. The average Bonchev–Trinajstić information content (AvgIpc) is 2.39. The monoisotopic (exact) mass is 251 g/mol. The number of ether oxygens (including phenoxy) is 2. The number of carbonyl (C=O) groups is 1. The first-order valence-electron chi connectivity index (χ1n) is 6.00. The molecule has 1 aromatic rings. The summed E-state index contributed by atoms with van der Waals surface area (Å²) in [4.78, 5) is 12.2. The minimum Gasteiger partial charge on any atom is -0.545 e. The van der Waals surface area contributed by atoms with Crippen molar-refractivity contribution in [2.75, 3.05) is 33.4 Å². The van der Waals surface area contributed by atoms with Crippen molar-refractivity contribution in [3.63, 3.8) is 0 Å². The van der Waals surface area contributed by atoms with Crippen LogP contribution in [0.3, 0.4) is 0 Å². The van der Waals surface area contributed by atoms with Crippen LogP contribution in [0.1, 0.15) is 15.9 Å². The number of morpholine rings is 1. The molecule has 1 aliphatic heterocycles. The molecule has 1 N–H and O–H groups in total. The fraction of sp³-hybridized carbons (Fsp3) is 0.462. The van der Waals surface area contributed by atoms with Gasteiger partial charge in [-0.25, -0.2) is 0 Å². The molecule has 0 unspecified atom stereocenters. The summed E-state index contributed by atoms with van der Waals surface area (Å²) in [5, 5.41) is 10.9. The highest BCUT2D eigenvalue weighted by Crippen LogP contribution is 2.18. The lowest BCUT2D eigenvalue weighted by atomic mass is 10.1. The average molecular weight is 251 g/mol. The molecular formula is C13H17NO4. The van der Waals surface area contributed by atoms with Crippen LogP contribution in [-0.4, -0.2) is 39.4 Å². The third-order valence-electron chi connectivity index (χ3n) is 3.16. The number of hydrogen-bond donors (Lipinski definition) is 1. The first-order valence-corrected chi connectivity index (χ1v) is 6.00. The van der Waals surface area contributed by atoms with E-state index in [1.54, 1.807) is 19.2 Å². The van der Waals surface area contributed by atoms with Crippen molar-refractivity contribution in [1.29, 1.82) is 0 Å². The maximum Gasteiger partial charge on any atom is 0.127 e. The number of benzene rings is 1. The highest BCUT2D eigenvalue weighted by Gasteiger charge is 2.17. The van der Waals surface area contributed by atoms with Gasteiger partial charge in [-0.15, -0.1) is 0 Å². The van der Waals surface area contributed by atoms with Gasteiger partial charge in [-0.1, -0.05) is 0 Å². The Kier molecular flexibility index (Phi) is 4.17.